The number of nitrogens with zero attached hydrogens (tertiary/aromatic N) is 1. The van der Waals surface area contributed by atoms with E-state index in [9.17, 15) is 14.0 Å². The summed E-state index contributed by atoms with van der Waals surface area (Å²) < 4.78 is 43.8. The number of hydrogen-bond donors (Lipinski definition) is 0. The Labute approximate surface area is 241 Å². The molecule has 1 atom stereocenters. The first kappa shape index (κ1) is 32.0. The summed E-state index contributed by atoms with van der Waals surface area (Å²) >= 11 is 5.93. The van der Waals surface area contributed by atoms with Crippen molar-refractivity contribution in [2.45, 2.75) is 79.1 Å². The molecule has 0 amide bonds. The number of halogens is 3. The van der Waals surface area contributed by atoms with Crippen molar-refractivity contribution >= 4 is 36.8 Å². The van der Waals surface area contributed by atoms with Crippen LogP contribution in [0, 0.1) is 17.0 Å². The van der Waals surface area contributed by atoms with Gasteiger partial charge < -0.3 is 13.7 Å². The molecule has 0 N–H and O–H groups in total. The van der Waals surface area contributed by atoms with Crippen molar-refractivity contribution in [2.75, 3.05) is 13.2 Å². The molecule has 1 heterocycles. The van der Waals surface area contributed by atoms with Gasteiger partial charge in [0.15, 0.2) is 8.32 Å². The lowest BCUT2D eigenvalue weighted by atomic mass is 9.86. The van der Waals surface area contributed by atoms with Crippen LogP contribution in [0.3, 0.4) is 0 Å². The summed E-state index contributed by atoms with van der Waals surface area (Å²) in [5.41, 5.74) is -0.483. The number of benzene rings is 2. The molecule has 5 nitrogen and oxygen atoms in total. The fourth-order valence-corrected chi connectivity index (χ4v) is 5.51. The predicted molar refractivity (Wildman–Crippen MR) is 160 cm³/mol. The van der Waals surface area contributed by atoms with Gasteiger partial charge in [-0.1, -0.05) is 65.3 Å². The molecular weight excluding hydrogens is 552 g/mol. The van der Waals surface area contributed by atoms with Crippen molar-refractivity contribution in [3.63, 3.8) is 0 Å². The summed E-state index contributed by atoms with van der Waals surface area (Å²) in [5, 5.41) is 0.0414. The van der Waals surface area contributed by atoms with Gasteiger partial charge in [-0.15, -0.1) is 0 Å². The minimum Gasteiger partial charge on any atom is -0.462 e. The van der Waals surface area contributed by atoms with Gasteiger partial charge in [-0.3, -0.25) is 4.79 Å². The SMILES string of the molecule is CCOC(=O)c1cn([C@H](CO[Si](C)(C)C(C)(C)C)C(C)(C)C)c2cc(F)c(Cc3cccc(Cl)c3F)cc2c1=O. The molecule has 40 heavy (non-hydrogen) atoms. The fraction of sp³-hybridized carbons (Fsp3) is 0.484. The van der Waals surface area contributed by atoms with Crippen LogP contribution in [-0.4, -0.2) is 32.1 Å². The monoisotopic (exact) mass is 591 g/mol. The lowest BCUT2D eigenvalue weighted by molar-refractivity contribution is 0.0522. The minimum absolute atomic E-state index is 0.0340. The highest BCUT2D eigenvalue weighted by atomic mass is 35.5. The summed E-state index contributed by atoms with van der Waals surface area (Å²) in [6.07, 6.45) is 1.34. The van der Waals surface area contributed by atoms with Crippen LogP contribution in [0.15, 0.2) is 41.3 Å². The van der Waals surface area contributed by atoms with Gasteiger partial charge in [0.05, 0.1) is 29.8 Å². The number of ether oxygens (including phenoxy) is 1. The van der Waals surface area contributed by atoms with E-state index in [-0.39, 0.29) is 51.2 Å². The van der Waals surface area contributed by atoms with E-state index in [1.165, 1.54) is 30.5 Å². The summed E-state index contributed by atoms with van der Waals surface area (Å²) in [6.45, 7) is 18.9. The number of rotatable bonds is 8. The Morgan fingerprint density at radius 1 is 1.07 bits per heavy atom. The molecule has 0 unspecified atom stereocenters. The van der Waals surface area contributed by atoms with Crippen LogP contribution < -0.4 is 5.43 Å². The lowest BCUT2D eigenvalue weighted by Crippen LogP contribution is -2.43. The maximum Gasteiger partial charge on any atom is 0.343 e. The maximum absolute atomic E-state index is 15.6. The quantitative estimate of drug-likeness (QED) is 0.195. The molecule has 3 rings (SSSR count). The van der Waals surface area contributed by atoms with Gasteiger partial charge in [0, 0.05) is 18.0 Å². The van der Waals surface area contributed by atoms with Crippen LogP contribution in [0.5, 0.6) is 0 Å². The van der Waals surface area contributed by atoms with E-state index in [1.54, 1.807) is 17.6 Å². The first-order chi connectivity index (χ1) is 18.4. The average Bonchev–Trinajstić information content (AvgIpc) is 2.82. The van der Waals surface area contributed by atoms with Gasteiger partial charge in [-0.05, 0) is 59.8 Å². The Morgan fingerprint density at radius 2 is 1.73 bits per heavy atom. The standard InChI is InChI=1S/C31H40ClF2NO4Si/c1-10-38-29(37)22-17-35(26(30(2,3)4)18-39-40(8,9)31(5,6)7)25-16-24(33)20(15-21(25)28(22)36)14-19-12-11-13-23(32)27(19)34/h11-13,15-17,26H,10,14,18H2,1-9H3/t26-/m1/s1. The van der Waals surface area contributed by atoms with Crippen LogP contribution >= 0.6 is 11.6 Å². The van der Waals surface area contributed by atoms with Gasteiger partial charge >= 0.3 is 5.97 Å². The maximum atomic E-state index is 15.6. The summed E-state index contributed by atoms with van der Waals surface area (Å²) in [5.74, 6) is -1.99. The van der Waals surface area contributed by atoms with E-state index in [2.05, 4.69) is 33.9 Å². The van der Waals surface area contributed by atoms with E-state index < -0.39 is 36.8 Å². The van der Waals surface area contributed by atoms with Crippen molar-refractivity contribution in [2.24, 2.45) is 5.41 Å². The van der Waals surface area contributed by atoms with Crippen molar-refractivity contribution in [1.82, 2.24) is 4.57 Å². The fourth-order valence-electron chi connectivity index (χ4n) is 4.30. The molecule has 0 aliphatic heterocycles. The minimum atomic E-state index is -2.17. The Balaban J connectivity index is 2.27. The van der Waals surface area contributed by atoms with E-state index in [1.807, 2.05) is 20.8 Å². The number of hydrogen-bond acceptors (Lipinski definition) is 4. The molecule has 2 aromatic carbocycles. The molecule has 0 radical (unpaired) electrons. The molecule has 0 saturated heterocycles. The molecule has 0 spiro atoms. The zero-order valence-electron chi connectivity index (χ0n) is 24.9. The molecule has 1 aromatic heterocycles. The van der Waals surface area contributed by atoms with Crippen molar-refractivity contribution in [3.8, 4) is 0 Å². The van der Waals surface area contributed by atoms with E-state index in [0.29, 0.717) is 12.1 Å². The number of fused-ring (bicyclic) bond motifs is 1. The number of esters is 1. The highest BCUT2D eigenvalue weighted by Crippen LogP contribution is 2.40. The largest absolute Gasteiger partial charge is 0.462 e. The molecule has 0 saturated carbocycles. The predicted octanol–water partition coefficient (Wildman–Crippen LogP) is 8.31. The number of aromatic nitrogens is 1. The normalized spacial score (nSPS) is 13.5. The second-order valence-corrected chi connectivity index (χ2v) is 18.0. The average molecular weight is 592 g/mol. The van der Waals surface area contributed by atoms with Crippen molar-refractivity contribution in [3.05, 3.63) is 80.1 Å². The van der Waals surface area contributed by atoms with E-state index in [0.717, 1.165) is 0 Å². The second-order valence-electron chi connectivity index (χ2n) is 12.8. The first-order valence-electron chi connectivity index (χ1n) is 13.5. The zero-order chi connectivity index (χ0) is 30.2. The van der Waals surface area contributed by atoms with Crippen LogP contribution in [0.25, 0.3) is 10.9 Å². The summed E-state index contributed by atoms with van der Waals surface area (Å²) in [6, 6.07) is 6.86. The van der Waals surface area contributed by atoms with Crippen molar-refractivity contribution in [1.29, 1.82) is 0 Å². The number of carbonyl (C=O) groups excluding carboxylic acids is 1. The molecule has 0 aliphatic rings. The van der Waals surface area contributed by atoms with Crippen LogP contribution in [0.4, 0.5) is 8.78 Å². The second kappa shape index (κ2) is 11.7. The van der Waals surface area contributed by atoms with Gasteiger partial charge in [0.1, 0.15) is 17.2 Å². The molecular formula is C31H40ClF2NO4Si. The van der Waals surface area contributed by atoms with Gasteiger partial charge in [-0.25, -0.2) is 13.6 Å². The van der Waals surface area contributed by atoms with Gasteiger partial charge in [0.2, 0.25) is 5.43 Å². The molecule has 0 fully saturated rings. The number of pyridine rings is 1. The third kappa shape index (κ3) is 6.66. The topological polar surface area (TPSA) is 57.5 Å². The Hall–Kier alpha value is -2.55. The smallest absolute Gasteiger partial charge is 0.343 e. The Kier molecular flexibility index (Phi) is 9.39. The summed E-state index contributed by atoms with van der Waals surface area (Å²) in [4.78, 5) is 26.5. The third-order valence-corrected chi connectivity index (χ3v) is 12.6. The highest BCUT2D eigenvalue weighted by molar-refractivity contribution is 6.74. The summed E-state index contributed by atoms with van der Waals surface area (Å²) in [7, 11) is -2.17. The zero-order valence-corrected chi connectivity index (χ0v) is 26.6. The van der Waals surface area contributed by atoms with Crippen molar-refractivity contribution < 1.29 is 22.7 Å². The third-order valence-electron chi connectivity index (χ3n) is 7.85. The van der Waals surface area contributed by atoms with E-state index in [4.69, 9.17) is 20.8 Å². The van der Waals surface area contributed by atoms with Gasteiger partial charge in [-0.2, -0.15) is 0 Å². The highest BCUT2D eigenvalue weighted by Gasteiger charge is 2.39. The molecule has 0 bridgehead atoms. The first-order valence-corrected chi connectivity index (χ1v) is 16.8. The molecule has 218 valence electrons. The van der Waals surface area contributed by atoms with Crippen LogP contribution in [-0.2, 0) is 15.6 Å². The van der Waals surface area contributed by atoms with Crippen LogP contribution in [0.2, 0.25) is 23.2 Å². The molecule has 9 heteroatoms. The molecule has 0 aliphatic carbocycles. The Morgan fingerprint density at radius 3 is 2.30 bits per heavy atom. The lowest BCUT2D eigenvalue weighted by Gasteiger charge is -2.40. The van der Waals surface area contributed by atoms with Crippen LogP contribution in [0.1, 0.15) is 76.0 Å². The van der Waals surface area contributed by atoms with E-state index >= 15 is 4.39 Å². The number of carbonyl (C=O) groups is 1. The van der Waals surface area contributed by atoms with Gasteiger partial charge in [0.25, 0.3) is 0 Å². The Bertz CT molecular complexity index is 1470. The molecule has 3 aromatic rings.